The van der Waals surface area contributed by atoms with E-state index in [1.807, 2.05) is 0 Å². The Kier molecular flexibility index (Phi) is 4.00. The van der Waals surface area contributed by atoms with Crippen LogP contribution in [0.15, 0.2) is 10.5 Å². The van der Waals surface area contributed by atoms with Crippen LogP contribution in [0, 0.1) is 0 Å². The molecule has 0 aliphatic heterocycles. The van der Waals surface area contributed by atoms with Crippen molar-refractivity contribution in [1.82, 2.24) is 0 Å². The molecule has 0 N–H and O–H groups in total. The SMILES string of the molecule is COc1cc(Br)c(OC)c(C(=O)[O-])c1OC. The Balaban J connectivity index is 3.60. The maximum absolute atomic E-state index is 11.0. The van der Waals surface area contributed by atoms with Crippen LogP contribution < -0.4 is 19.3 Å². The number of hydrogen-bond donors (Lipinski definition) is 0. The highest BCUT2D eigenvalue weighted by molar-refractivity contribution is 9.10. The summed E-state index contributed by atoms with van der Waals surface area (Å²) in [4.78, 5) is 11.0. The molecule has 6 heteroatoms. The normalized spacial score (nSPS) is 9.75. The van der Waals surface area contributed by atoms with Gasteiger partial charge in [-0.1, -0.05) is 0 Å². The van der Waals surface area contributed by atoms with Gasteiger partial charge in [0.05, 0.1) is 37.3 Å². The monoisotopic (exact) mass is 289 g/mol. The number of carbonyl (C=O) groups is 1. The molecule has 0 aliphatic carbocycles. The minimum Gasteiger partial charge on any atom is -0.545 e. The highest BCUT2D eigenvalue weighted by Crippen LogP contribution is 2.42. The summed E-state index contributed by atoms with van der Waals surface area (Å²) in [5.74, 6) is -0.900. The average molecular weight is 290 g/mol. The van der Waals surface area contributed by atoms with E-state index in [4.69, 9.17) is 14.2 Å². The fourth-order valence-electron chi connectivity index (χ4n) is 1.33. The number of halogens is 1. The van der Waals surface area contributed by atoms with Crippen molar-refractivity contribution in [3.05, 3.63) is 16.1 Å². The van der Waals surface area contributed by atoms with E-state index >= 15 is 0 Å². The van der Waals surface area contributed by atoms with Crippen LogP contribution >= 0.6 is 15.9 Å². The van der Waals surface area contributed by atoms with Gasteiger partial charge in [-0.05, 0) is 15.9 Å². The Labute approximate surface area is 101 Å². The third kappa shape index (κ3) is 2.06. The molecule has 0 atom stereocenters. The Morgan fingerprint density at radius 3 is 2.12 bits per heavy atom. The second-order valence-electron chi connectivity index (χ2n) is 2.79. The molecule has 1 aromatic rings. The first-order valence-corrected chi connectivity index (χ1v) is 5.05. The van der Waals surface area contributed by atoms with E-state index < -0.39 is 5.97 Å². The van der Waals surface area contributed by atoms with Gasteiger partial charge in [-0.15, -0.1) is 0 Å². The summed E-state index contributed by atoms with van der Waals surface area (Å²) in [5.41, 5.74) is -0.184. The van der Waals surface area contributed by atoms with Crippen molar-refractivity contribution in [2.45, 2.75) is 0 Å². The molecule has 0 fully saturated rings. The number of carbonyl (C=O) groups excluding carboxylic acids is 1. The summed E-state index contributed by atoms with van der Waals surface area (Å²) in [6.45, 7) is 0. The molecule has 1 rings (SSSR count). The molecule has 1 aromatic carbocycles. The Morgan fingerprint density at radius 2 is 1.75 bits per heavy atom. The fraction of sp³-hybridized carbons (Fsp3) is 0.300. The number of aromatic carboxylic acids is 1. The molecule has 88 valence electrons. The fourth-order valence-corrected chi connectivity index (χ4v) is 1.90. The number of methoxy groups -OCH3 is 3. The first-order chi connectivity index (χ1) is 7.56. The molecular formula is C10H10BrO5-. The Hall–Kier alpha value is -1.43. The zero-order chi connectivity index (χ0) is 12.3. The molecule has 0 amide bonds. The molecule has 0 saturated carbocycles. The van der Waals surface area contributed by atoms with Gasteiger partial charge < -0.3 is 24.1 Å². The maximum atomic E-state index is 11.0. The largest absolute Gasteiger partial charge is 0.545 e. The Bertz CT molecular complexity index is 416. The second-order valence-corrected chi connectivity index (χ2v) is 3.64. The van der Waals surface area contributed by atoms with Gasteiger partial charge in [-0.25, -0.2) is 0 Å². The molecule has 0 spiro atoms. The molecule has 0 aromatic heterocycles. The van der Waals surface area contributed by atoms with Crippen LogP contribution in [0.3, 0.4) is 0 Å². The highest BCUT2D eigenvalue weighted by atomic mass is 79.9. The molecule has 5 nitrogen and oxygen atoms in total. The topological polar surface area (TPSA) is 67.8 Å². The summed E-state index contributed by atoms with van der Waals surface area (Å²) >= 11 is 3.18. The van der Waals surface area contributed by atoms with Crippen LogP contribution in [0.25, 0.3) is 0 Å². The van der Waals surface area contributed by atoms with Crippen molar-refractivity contribution in [2.24, 2.45) is 0 Å². The summed E-state index contributed by atoms with van der Waals surface area (Å²) in [5, 5.41) is 11.0. The molecule has 16 heavy (non-hydrogen) atoms. The lowest BCUT2D eigenvalue weighted by molar-refractivity contribution is -0.255. The van der Waals surface area contributed by atoms with Crippen LogP contribution in [0.4, 0.5) is 0 Å². The number of carboxylic acid groups (broad SMARTS) is 1. The molecule has 0 saturated heterocycles. The zero-order valence-electron chi connectivity index (χ0n) is 9.00. The highest BCUT2D eigenvalue weighted by Gasteiger charge is 2.20. The molecule has 0 heterocycles. The predicted molar refractivity (Wildman–Crippen MR) is 58.1 cm³/mol. The van der Waals surface area contributed by atoms with E-state index in [-0.39, 0.29) is 22.8 Å². The smallest absolute Gasteiger partial charge is 0.173 e. The first kappa shape index (κ1) is 12.6. The van der Waals surface area contributed by atoms with Gasteiger partial charge in [0.1, 0.15) is 5.75 Å². The van der Waals surface area contributed by atoms with Gasteiger partial charge in [0.25, 0.3) is 0 Å². The van der Waals surface area contributed by atoms with E-state index in [1.165, 1.54) is 21.3 Å². The van der Waals surface area contributed by atoms with Crippen molar-refractivity contribution in [3.63, 3.8) is 0 Å². The van der Waals surface area contributed by atoms with Crippen LogP contribution in [0.5, 0.6) is 17.2 Å². The van der Waals surface area contributed by atoms with Crippen molar-refractivity contribution >= 4 is 21.9 Å². The van der Waals surface area contributed by atoms with E-state index in [9.17, 15) is 9.90 Å². The van der Waals surface area contributed by atoms with Crippen molar-refractivity contribution in [1.29, 1.82) is 0 Å². The lowest BCUT2D eigenvalue weighted by Crippen LogP contribution is -2.24. The van der Waals surface area contributed by atoms with E-state index in [2.05, 4.69) is 15.9 Å². The molecule has 0 radical (unpaired) electrons. The summed E-state index contributed by atoms with van der Waals surface area (Å²) in [6, 6.07) is 1.56. The van der Waals surface area contributed by atoms with E-state index in [0.29, 0.717) is 4.47 Å². The van der Waals surface area contributed by atoms with Crippen molar-refractivity contribution in [3.8, 4) is 17.2 Å². The van der Waals surface area contributed by atoms with E-state index in [0.717, 1.165) is 0 Å². The number of ether oxygens (including phenoxy) is 3. The molecule has 0 aliphatic rings. The van der Waals surface area contributed by atoms with Crippen molar-refractivity contribution in [2.75, 3.05) is 21.3 Å². The summed E-state index contributed by atoms with van der Waals surface area (Å²) in [7, 11) is 4.12. The third-order valence-electron chi connectivity index (χ3n) is 1.98. The zero-order valence-corrected chi connectivity index (χ0v) is 10.6. The standard InChI is InChI=1S/C10H11BrO5/c1-14-6-4-5(11)8(15-2)7(10(12)13)9(6)16-3/h4H,1-3H3,(H,12,13)/p-1. The number of carboxylic acids is 1. The maximum Gasteiger partial charge on any atom is 0.173 e. The Morgan fingerprint density at radius 1 is 1.19 bits per heavy atom. The second kappa shape index (κ2) is 5.07. The first-order valence-electron chi connectivity index (χ1n) is 4.26. The van der Waals surface area contributed by atoms with Crippen molar-refractivity contribution < 1.29 is 24.1 Å². The number of hydrogen-bond acceptors (Lipinski definition) is 5. The summed E-state index contributed by atoms with van der Waals surface area (Å²) < 4.78 is 15.4. The average Bonchev–Trinajstić information content (AvgIpc) is 2.27. The minimum atomic E-state index is -1.40. The molecule has 0 bridgehead atoms. The lowest BCUT2D eigenvalue weighted by Gasteiger charge is -2.17. The lowest BCUT2D eigenvalue weighted by atomic mass is 10.1. The molecular weight excluding hydrogens is 280 g/mol. The minimum absolute atomic E-state index is 0.0718. The van der Waals surface area contributed by atoms with Gasteiger partial charge in [-0.2, -0.15) is 0 Å². The third-order valence-corrected chi connectivity index (χ3v) is 2.57. The van der Waals surface area contributed by atoms with Crippen LogP contribution in [0.2, 0.25) is 0 Å². The van der Waals surface area contributed by atoms with Crippen LogP contribution in [-0.4, -0.2) is 27.3 Å². The number of rotatable bonds is 4. The van der Waals surface area contributed by atoms with Gasteiger partial charge >= 0.3 is 0 Å². The quantitative estimate of drug-likeness (QED) is 0.822. The van der Waals surface area contributed by atoms with Gasteiger partial charge in [-0.3, -0.25) is 0 Å². The van der Waals surface area contributed by atoms with Gasteiger partial charge in [0.15, 0.2) is 11.5 Å². The van der Waals surface area contributed by atoms with Gasteiger partial charge in [0.2, 0.25) is 0 Å². The van der Waals surface area contributed by atoms with Gasteiger partial charge in [0, 0.05) is 6.07 Å². The predicted octanol–water partition coefficient (Wildman–Crippen LogP) is 0.838. The summed E-state index contributed by atoms with van der Waals surface area (Å²) in [6.07, 6.45) is 0. The van der Waals surface area contributed by atoms with Crippen LogP contribution in [0.1, 0.15) is 10.4 Å². The molecule has 0 unspecified atom stereocenters. The number of benzene rings is 1. The van der Waals surface area contributed by atoms with E-state index in [1.54, 1.807) is 6.07 Å². The van der Waals surface area contributed by atoms with Crippen LogP contribution in [-0.2, 0) is 0 Å².